The molecule has 0 bridgehead atoms. The van der Waals surface area contributed by atoms with Gasteiger partial charge in [0.2, 0.25) is 5.91 Å². The third-order valence-electron chi connectivity index (χ3n) is 2.65. The van der Waals surface area contributed by atoms with E-state index in [0.717, 1.165) is 27.1 Å². The van der Waals surface area contributed by atoms with Gasteiger partial charge in [-0.15, -0.1) is 12.4 Å². The highest BCUT2D eigenvalue weighted by Crippen LogP contribution is 2.26. The van der Waals surface area contributed by atoms with Crippen LogP contribution in [0.2, 0.25) is 0 Å². The van der Waals surface area contributed by atoms with Crippen molar-refractivity contribution in [2.24, 2.45) is 0 Å². The molecule has 0 aliphatic carbocycles. The molecule has 2 aromatic rings. The quantitative estimate of drug-likeness (QED) is 0.821. The molecule has 0 unspecified atom stereocenters. The Bertz CT molecular complexity index is 614. The van der Waals surface area contributed by atoms with E-state index >= 15 is 0 Å². The van der Waals surface area contributed by atoms with E-state index in [4.69, 9.17) is 0 Å². The van der Waals surface area contributed by atoms with Crippen molar-refractivity contribution in [1.29, 1.82) is 0 Å². The summed E-state index contributed by atoms with van der Waals surface area (Å²) < 4.78 is 0. The number of amides is 1. The Labute approximate surface area is 140 Å². The van der Waals surface area contributed by atoms with Crippen LogP contribution in [0.25, 0.3) is 0 Å². The summed E-state index contributed by atoms with van der Waals surface area (Å²) in [5.74, 6) is -0.0597. The van der Waals surface area contributed by atoms with Gasteiger partial charge in [0.1, 0.15) is 0 Å². The number of hydrogen-bond acceptors (Lipinski definition) is 5. The largest absolute Gasteiger partial charge is 0.325 e. The zero-order valence-corrected chi connectivity index (χ0v) is 14.3. The third-order valence-corrected chi connectivity index (χ3v) is 3.52. The Kier molecular flexibility index (Phi) is 7.31. The van der Waals surface area contributed by atoms with Crippen LogP contribution in [-0.2, 0) is 4.79 Å². The van der Waals surface area contributed by atoms with E-state index < -0.39 is 0 Å². The second-order valence-electron chi connectivity index (χ2n) is 4.64. The summed E-state index contributed by atoms with van der Waals surface area (Å²) in [7, 11) is 1.74. The van der Waals surface area contributed by atoms with Crippen LogP contribution in [0.1, 0.15) is 11.4 Å². The van der Waals surface area contributed by atoms with Crippen molar-refractivity contribution in [3.8, 4) is 0 Å². The second kappa shape index (κ2) is 8.73. The first-order chi connectivity index (χ1) is 10.1. The fraction of sp³-hybridized carbons (Fsp3) is 0.267. The van der Waals surface area contributed by atoms with Crippen molar-refractivity contribution >= 4 is 35.8 Å². The van der Waals surface area contributed by atoms with Gasteiger partial charge in [-0.1, -0.05) is 0 Å². The van der Waals surface area contributed by atoms with Crippen LogP contribution in [0.4, 0.5) is 5.69 Å². The number of aromatic nitrogens is 2. The summed E-state index contributed by atoms with van der Waals surface area (Å²) in [5, 5.41) is 6.36. The first kappa shape index (κ1) is 18.4. The van der Waals surface area contributed by atoms with E-state index in [1.54, 1.807) is 7.05 Å². The van der Waals surface area contributed by atoms with E-state index in [1.165, 1.54) is 11.8 Å². The molecular formula is C15H19ClN4OS. The maximum Gasteiger partial charge on any atom is 0.238 e. The zero-order chi connectivity index (χ0) is 15.2. The number of benzene rings is 1. The van der Waals surface area contributed by atoms with Gasteiger partial charge in [-0.25, -0.2) is 9.97 Å². The van der Waals surface area contributed by atoms with Gasteiger partial charge in [-0.3, -0.25) is 4.79 Å². The number of rotatable bonds is 5. The number of carbonyl (C=O) groups excluding carboxylic acids is 1. The Morgan fingerprint density at radius 3 is 2.27 bits per heavy atom. The number of carbonyl (C=O) groups is 1. The standard InChI is InChI=1S/C15H18N4OS.ClH/c1-10-8-11(2)18-15(17-10)21-13-6-4-12(5-7-13)19-14(20)9-16-3;/h4-8,16H,9H2,1-3H3,(H,19,20);1H. The summed E-state index contributed by atoms with van der Waals surface area (Å²) in [4.78, 5) is 21.3. The second-order valence-corrected chi connectivity index (χ2v) is 5.68. The lowest BCUT2D eigenvalue weighted by Gasteiger charge is -2.06. The Balaban J connectivity index is 0.00000242. The van der Waals surface area contributed by atoms with Crippen LogP contribution in [0.15, 0.2) is 40.4 Å². The van der Waals surface area contributed by atoms with Crippen molar-refractivity contribution in [3.63, 3.8) is 0 Å². The first-order valence-electron chi connectivity index (χ1n) is 6.61. The summed E-state index contributed by atoms with van der Waals surface area (Å²) >= 11 is 1.51. The molecular weight excluding hydrogens is 320 g/mol. The molecule has 0 fully saturated rings. The molecule has 1 aromatic carbocycles. The molecule has 0 saturated carbocycles. The fourth-order valence-corrected chi connectivity index (χ4v) is 2.68. The van der Waals surface area contributed by atoms with Crippen molar-refractivity contribution in [2.45, 2.75) is 23.9 Å². The highest BCUT2D eigenvalue weighted by atomic mass is 35.5. The zero-order valence-electron chi connectivity index (χ0n) is 12.7. The lowest BCUT2D eigenvalue weighted by Crippen LogP contribution is -2.24. The smallest absolute Gasteiger partial charge is 0.238 e. The molecule has 0 spiro atoms. The van der Waals surface area contributed by atoms with E-state index in [1.807, 2.05) is 44.2 Å². The maximum atomic E-state index is 11.5. The predicted octanol–water partition coefficient (Wildman–Crippen LogP) is 2.82. The molecule has 1 amide bonds. The molecule has 22 heavy (non-hydrogen) atoms. The molecule has 118 valence electrons. The number of anilines is 1. The molecule has 0 atom stereocenters. The molecule has 0 radical (unpaired) electrons. The van der Waals surface area contributed by atoms with Gasteiger partial charge in [0, 0.05) is 22.0 Å². The average Bonchev–Trinajstić information content (AvgIpc) is 2.40. The maximum absolute atomic E-state index is 11.5. The minimum atomic E-state index is -0.0597. The molecule has 1 aromatic heterocycles. The van der Waals surface area contributed by atoms with Crippen LogP contribution in [0.3, 0.4) is 0 Å². The fourth-order valence-electron chi connectivity index (χ4n) is 1.82. The Morgan fingerprint density at radius 2 is 1.73 bits per heavy atom. The normalized spacial score (nSPS) is 9.95. The van der Waals surface area contributed by atoms with Crippen LogP contribution >= 0.6 is 24.2 Å². The molecule has 0 aliphatic rings. The minimum Gasteiger partial charge on any atom is -0.325 e. The number of aryl methyl sites for hydroxylation is 2. The highest BCUT2D eigenvalue weighted by molar-refractivity contribution is 7.99. The Morgan fingerprint density at radius 1 is 1.14 bits per heavy atom. The minimum absolute atomic E-state index is 0. The third kappa shape index (κ3) is 5.63. The van der Waals surface area contributed by atoms with Crippen LogP contribution in [-0.4, -0.2) is 29.5 Å². The van der Waals surface area contributed by atoms with E-state index in [0.29, 0.717) is 6.54 Å². The van der Waals surface area contributed by atoms with Gasteiger partial charge in [-0.2, -0.15) is 0 Å². The van der Waals surface area contributed by atoms with Crippen molar-refractivity contribution < 1.29 is 4.79 Å². The Hall–Kier alpha value is -1.63. The number of nitrogens with one attached hydrogen (secondary N) is 2. The summed E-state index contributed by atoms with van der Waals surface area (Å²) in [6, 6.07) is 9.59. The highest BCUT2D eigenvalue weighted by Gasteiger charge is 2.04. The van der Waals surface area contributed by atoms with Crippen LogP contribution in [0.5, 0.6) is 0 Å². The average molecular weight is 339 g/mol. The van der Waals surface area contributed by atoms with Gasteiger partial charge >= 0.3 is 0 Å². The lowest BCUT2D eigenvalue weighted by molar-refractivity contribution is -0.115. The van der Waals surface area contributed by atoms with Crippen LogP contribution < -0.4 is 10.6 Å². The van der Waals surface area contributed by atoms with Crippen molar-refractivity contribution in [1.82, 2.24) is 15.3 Å². The van der Waals surface area contributed by atoms with E-state index in [2.05, 4.69) is 20.6 Å². The monoisotopic (exact) mass is 338 g/mol. The SMILES string of the molecule is CNCC(=O)Nc1ccc(Sc2nc(C)cc(C)n2)cc1.Cl. The number of hydrogen-bond donors (Lipinski definition) is 2. The van der Waals surface area contributed by atoms with Gasteiger partial charge in [0.25, 0.3) is 0 Å². The lowest BCUT2D eigenvalue weighted by atomic mass is 10.3. The molecule has 1 heterocycles. The van der Waals surface area contributed by atoms with E-state index in [9.17, 15) is 4.79 Å². The molecule has 2 N–H and O–H groups in total. The molecule has 7 heteroatoms. The number of halogens is 1. The van der Waals surface area contributed by atoms with Crippen molar-refractivity contribution in [2.75, 3.05) is 18.9 Å². The summed E-state index contributed by atoms with van der Waals surface area (Å²) in [6.07, 6.45) is 0. The number of nitrogens with zero attached hydrogens (tertiary/aromatic N) is 2. The van der Waals surface area contributed by atoms with Gasteiger partial charge in [0.15, 0.2) is 5.16 Å². The molecule has 0 saturated heterocycles. The topological polar surface area (TPSA) is 66.9 Å². The van der Waals surface area contributed by atoms with Gasteiger partial charge in [-0.05, 0) is 63.0 Å². The molecule has 0 aliphatic heterocycles. The van der Waals surface area contributed by atoms with Gasteiger partial charge in [0.05, 0.1) is 6.54 Å². The molecule has 5 nitrogen and oxygen atoms in total. The van der Waals surface area contributed by atoms with Gasteiger partial charge < -0.3 is 10.6 Å². The first-order valence-corrected chi connectivity index (χ1v) is 7.43. The van der Waals surface area contributed by atoms with E-state index in [-0.39, 0.29) is 18.3 Å². The number of likely N-dealkylation sites (N-methyl/N-ethyl adjacent to an activating group) is 1. The molecule has 2 rings (SSSR count). The predicted molar refractivity (Wildman–Crippen MR) is 91.9 cm³/mol. The van der Waals surface area contributed by atoms with Crippen LogP contribution in [0, 0.1) is 13.8 Å². The summed E-state index contributed by atoms with van der Waals surface area (Å²) in [5.41, 5.74) is 2.70. The van der Waals surface area contributed by atoms with Crippen molar-refractivity contribution in [3.05, 3.63) is 41.7 Å². The summed E-state index contributed by atoms with van der Waals surface area (Å²) in [6.45, 7) is 4.21.